The van der Waals surface area contributed by atoms with Gasteiger partial charge in [0.1, 0.15) is 0 Å². The van der Waals surface area contributed by atoms with Crippen molar-refractivity contribution in [2.24, 2.45) is 0 Å². The molecule has 1 atom stereocenters. The van der Waals surface area contributed by atoms with E-state index in [1.807, 2.05) is 0 Å². The summed E-state index contributed by atoms with van der Waals surface area (Å²) >= 11 is 0. The Morgan fingerprint density at radius 3 is 2.67 bits per heavy atom. The molecule has 0 amide bonds. The average Bonchev–Trinajstić information content (AvgIpc) is 2.43. The zero-order chi connectivity index (χ0) is 13.2. The van der Waals surface area contributed by atoms with Gasteiger partial charge in [0, 0.05) is 20.2 Å². The van der Waals surface area contributed by atoms with Gasteiger partial charge in [0.2, 0.25) is 0 Å². The van der Waals surface area contributed by atoms with Crippen LogP contribution in [0.3, 0.4) is 0 Å². The Balaban J connectivity index is 2.50. The van der Waals surface area contributed by atoms with Crippen LogP contribution in [0.25, 0.3) is 0 Å². The monoisotopic (exact) mass is 247 g/mol. The molecule has 1 rings (SSSR count). The number of allylic oxidation sites excluding steroid dienone is 1. The number of nitrogens with one attached hydrogen (secondary N) is 1. The molecular formula is C16H25NO. The molecule has 18 heavy (non-hydrogen) atoms. The maximum absolute atomic E-state index is 5.03. The molecule has 0 saturated heterocycles. The first-order valence-electron chi connectivity index (χ1n) is 6.72. The smallest absolute Gasteiger partial charge is 0.0587 e. The summed E-state index contributed by atoms with van der Waals surface area (Å²) in [4.78, 5) is 0. The van der Waals surface area contributed by atoms with E-state index in [-0.39, 0.29) is 0 Å². The molecule has 0 bridgehead atoms. The maximum Gasteiger partial charge on any atom is 0.0587 e. The third-order valence-corrected chi connectivity index (χ3v) is 3.10. The molecule has 1 aromatic rings. The van der Waals surface area contributed by atoms with E-state index in [0.717, 1.165) is 26.1 Å². The Labute approximate surface area is 111 Å². The highest BCUT2D eigenvalue weighted by Crippen LogP contribution is 2.18. The number of benzene rings is 1. The molecule has 0 aromatic heterocycles. The molecule has 0 aliphatic heterocycles. The lowest BCUT2D eigenvalue weighted by Crippen LogP contribution is -2.21. The van der Waals surface area contributed by atoms with Crippen molar-refractivity contribution in [2.45, 2.75) is 26.2 Å². The molecule has 0 spiro atoms. The molecule has 0 aliphatic carbocycles. The van der Waals surface area contributed by atoms with Crippen molar-refractivity contribution >= 4 is 0 Å². The predicted octanol–water partition coefficient (Wildman–Crippen LogP) is 3.36. The largest absolute Gasteiger partial charge is 0.383 e. The van der Waals surface area contributed by atoms with Gasteiger partial charge < -0.3 is 10.1 Å². The molecular weight excluding hydrogens is 222 g/mol. The molecule has 100 valence electrons. The number of hydrogen-bond donors (Lipinski definition) is 1. The van der Waals surface area contributed by atoms with Crippen LogP contribution in [0.4, 0.5) is 0 Å². The van der Waals surface area contributed by atoms with E-state index in [9.17, 15) is 0 Å². The zero-order valence-corrected chi connectivity index (χ0v) is 11.8. The van der Waals surface area contributed by atoms with E-state index in [1.54, 1.807) is 7.11 Å². The van der Waals surface area contributed by atoms with E-state index in [0.29, 0.717) is 5.92 Å². The van der Waals surface area contributed by atoms with Crippen molar-refractivity contribution in [1.29, 1.82) is 0 Å². The summed E-state index contributed by atoms with van der Waals surface area (Å²) in [5.74, 6) is 0.477. The van der Waals surface area contributed by atoms with Crippen molar-refractivity contribution in [2.75, 3.05) is 26.8 Å². The van der Waals surface area contributed by atoms with Gasteiger partial charge in [0.25, 0.3) is 0 Å². The van der Waals surface area contributed by atoms with Crippen LogP contribution in [-0.2, 0) is 4.74 Å². The summed E-state index contributed by atoms with van der Waals surface area (Å²) < 4.78 is 5.03. The molecule has 2 heteroatoms. The molecule has 1 aromatic carbocycles. The molecule has 0 heterocycles. The van der Waals surface area contributed by atoms with Crippen molar-refractivity contribution in [3.63, 3.8) is 0 Å². The average molecular weight is 247 g/mol. The van der Waals surface area contributed by atoms with E-state index >= 15 is 0 Å². The summed E-state index contributed by atoms with van der Waals surface area (Å²) in [6, 6.07) is 10.6. The van der Waals surface area contributed by atoms with Gasteiger partial charge in [-0.25, -0.2) is 0 Å². The second-order valence-corrected chi connectivity index (χ2v) is 4.55. The van der Waals surface area contributed by atoms with Crippen LogP contribution in [0.15, 0.2) is 42.0 Å². The molecule has 1 N–H and O–H groups in total. The standard InChI is InChI=1S/C16H25NO/c1-4-15(13-17-10-11-18-3)12-14(2)16-8-6-5-7-9-16/h5-9,12,14,17H,4,10-11,13H2,1-3H3/b15-12-. The summed E-state index contributed by atoms with van der Waals surface area (Å²) in [6.45, 7) is 7.09. The highest BCUT2D eigenvalue weighted by Gasteiger charge is 2.03. The van der Waals surface area contributed by atoms with Crippen LogP contribution in [0.2, 0.25) is 0 Å². The normalized spacial score (nSPS) is 13.6. The third kappa shape index (κ3) is 5.48. The highest BCUT2D eigenvalue weighted by atomic mass is 16.5. The minimum Gasteiger partial charge on any atom is -0.383 e. The lowest BCUT2D eigenvalue weighted by atomic mass is 9.97. The Bertz CT molecular complexity index is 345. The first-order chi connectivity index (χ1) is 8.77. The Kier molecular flexibility index (Phi) is 7.38. The fraction of sp³-hybridized carbons (Fsp3) is 0.500. The van der Waals surface area contributed by atoms with Crippen molar-refractivity contribution in [3.05, 3.63) is 47.5 Å². The number of rotatable bonds is 8. The van der Waals surface area contributed by atoms with E-state index in [2.05, 4.69) is 55.6 Å². The Morgan fingerprint density at radius 1 is 1.33 bits per heavy atom. The van der Waals surface area contributed by atoms with Crippen molar-refractivity contribution in [1.82, 2.24) is 5.32 Å². The van der Waals surface area contributed by atoms with E-state index in [1.165, 1.54) is 11.1 Å². The third-order valence-electron chi connectivity index (χ3n) is 3.10. The van der Waals surface area contributed by atoms with E-state index < -0.39 is 0 Å². The fourth-order valence-electron chi connectivity index (χ4n) is 1.93. The van der Waals surface area contributed by atoms with Gasteiger partial charge in [-0.3, -0.25) is 0 Å². The molecule has 0 radical (unpaired) electrons. The Hall–Kier alpha value is -1.12. The van der Waals surface area contributed by atoms with Crippen LogP contribution in [0, 0.1) is 0 Å². The van der Waals surface area contributed by atoms with Gasteiger partial charge in [-0.2, -0.15) is 0 Å². The van der Waals surface area contributed by atoms with Gasteiger partial charge in [-0.15, -0.1) is 0 Å². The molecule has 1 unspecified atom stereocenters. The van der Waals surface area contributed by atoms with Crippen LogP contribution >= 0.6 is 0 Å². The summed E-state index contributed by atoms with van der Waals surface area (Å²) in [6.07, 6.45) is 3.46. The van der Waals surface area contributed by atoms with Crippen molar-refractivity contribution in [3.8, 4) is 0 Å². The Morgan fingerprint density at radius 2 is 2.06 bits per heavy atom. The first kappa shape index (κ1) is 14.9. The predicted molar refractivity (Wildman–Crippen MR) is 78.0 cm³/mol. The summed E-state index contributed by atoms with van der Waals surface area (Å²) in [5.41, 5.74) is 2.84. The minimum atomic E-state index is 0.477. The maximum atomic E-state index is 5.03. The summed E-state index contributed by atoms with van der Waals surface area (Å²) in [5, 5.41) is 3.40. The lowest BCUT2D eigenvalue weighted by molar-refractivity contribution is 0.200. The van der Waals surface area contributed by atoms with Crippen LogP contribution < -0.4 is 5.32 Å². The second-order valence-electron chi connectivity index (χ2n) is 4.55. The number of hydrogen-bond acceptors (Lipinski definition) is 2. The SMILES string of the molecule is CC/C(=C/C(C)c1ccccc1)CNCCOC. The lowest BCUT2D eigenvalue weighted by Gasteiger charge is -2.11. The number of methoxy groups -OCH3 is 1. The van der Waals surface area contributed by atoms with Gasteiger partial charge in [0.15, 0.2) is 0 Å². The zero-order valence-electron chi connectivity index (χ0n) is 11.8. The second kappa shape index (κ2) is 8.90. The fourth-order valence-corrected chi connectivity index (χ4v) is 1.93. The highest BCUT2D eigenvalue weighted by molar-refractivity contribution is 5.24. The quantitative estimate of drug-likeness (QED) is 0.562. The molecule has 0 fully saturated rings. The van der Waals surface area contributed by atoms with E-state index in [4.69, 9.17) is 4.74 Å². The number of ether oxygens (including phenoxy) is 1. The molecule has 2 nitrogen and oxygen atoms in total. The van der Waals surface area contributed by atoms with Crippen LogP contribution in [0.1, 0.15) is 31.7 Å². The minimum absolute atomic E-state index is 0.477. The molecule has 0 aliphatic rings. The van der Waals surface area contributed by atoms with Gasteiger partial charge in [-0.1, -0.05) is 55.8 Å². The van der Waals surface area contributed by atoms with Crippen LogP contribution in [0.5, 0.6) is 0 Å². The summed E-state index contributed by atoms with van der Waals surface area (Å²) in [7, 11) is 1.73. The molecule has 0 saturated carbocycles. The van der Waals surface area contributed by atoms with Gasteiger partial charge >= 0.3 is 0 Å². The van der Waals surface area contributed by atoms with Gasteiger partial charge in [-0.05, 0) is 17.9 Å². The first-order valence-corrected chi connectivity index (χ1v) is 6.72. The van der Waals surface area contributed by atoms with Crippen molar-refractivity contribution < 1.29 is 4.74 Å². The van der Waals surface area contributed by atoms with Gasteiger partial charge in [0.05, 0.1) is 6.61 Å². The topological polar surface area (TPSA) is 21.3 Å². The van der Waals surface area contributed by atoms with Crippen LogP contribution in [-0.4, -0.2) is 26.8 Å².